The summed E-state index contributed by atoms with van der Waals surface area (Å²) in [4.78, 5) is 4.14. The smallest absolute Gasteiger partial charge is 0.0656 e. The van der Waals surface area contributed by atoms with E-state index in [0.29, 0.717) is 6.54 Å². The molecule has 2 N–H and O–H groups in total. The summed E-state index contributed by atoms with van der Waals surface area (Å²) in [6.07, 6.45) is 2.58. The lowest BCUT2D eigenvalue weighted by Crippen LogP contribution is -1.99. The van der Waals surface area contributed by atoms with E-state index in [9.17, 15) is 0 Å². The topological polar surface area (TPSA) is 38.9 Å². The van der Waals surface area contributed by atoms with Crippen molar-refractivity contribution in [2.24, 2.45) is 5.73 Å². The second kappa shape index (κ2) is 3.88. The Morgan fingerprint density at radius 3 is 2.91 bits per heavy atom. The molecule has 0 amide bonds. The average molecular weight is 148 g/mol. The van der Waals surface area contributed by atoms with Gasteiger partial charge in [-0.3, -0.25) is 4.98 Å². The lowest BCUT2D eigenvalue weighted by molar-refractivity contribution is 1.01. The molecule has 0 aliphatic heterocycles. The highest BCUT2D eigenvalue weighted by atomic mass is 14.7. The van der Waals surface area contributed by atoms with Crippen molar-refractivity contribution < 1.29 is 0 Å². The molecule has 0 saturated carbocycles. The summed E-state index contributed by atoms with van der Waals surface area (Å²) in [6, 6.07) is 5.78. The maximum absolute atomic E-state index is 5.38. The quantitative estimate of drug-likeness (QED) is 0.704. The number of nitrogens with two attached hydrogens (primary N) is 1. The Morgan fingerprint density at radius 2 is 2.36 bits per heavy atom. The Kier molecular flexibility index (Phi) is 2.81. The molecular formula is C9H12N2. The van der Waals surface area contributed by atoms with Gasteiger partial charge in [-0.05, 0) is 30.7 Å². The van der Waals surface area contributed by atoms with Crippen LogP contribution < -0.4 is 5.73 Å². The standard InChI is InChI=1S/C9H12N2/c1-8(5-6-10)9-4-2-3-7-11-9/h2-4,7H,1,5-6,10H2. The van der Waals surface area contributed by atoms with E-state index in [0.717, 1.165) is 17.7 Å². The van der Waals surface area contributed by atoms with Crippen LogP contribution in [0.5, 0.6) is 0 Å². The average Bonchev–Trinajstić information content (AvgIpc) is 2.07. The number of rotatable bonds is 3. The molecule has 0 fully saturated rings. The third kappa shape index (κ3) is 2.16. The summed E-state index contributed by atoms with van der Waals surface area (Å²) in [6.45, 7) is 4.51. The molecule has 0 atom stereocenters. The molecule has 58 valence electrons. The van der Waals surface area contributed by atoms with Crippen molar-refractivity contribution in [2.45, 2.75) is 6.42 Å². The van der Waals surface area contributed by atoms with Crippen LogP contribution in [0.2, 0.25) is 0 Å². The van der Waals surface area contributed by atoms with Crippen molar-refractivity contribution in [1.82, 2.24) is 4.98 Å². The van der Waals surface area contributed by atoms with Gasteiger partial charge in [0.1, 0.15) is 0 Å². The zero-order valence-electron chi connectivity index (χ0n) is 6.46. The minimum atomic E-state index is 0.634. The van der Waals surface area contributed by atoms with Crippen LogP contribution in [-0.4, -0.2) is 11.5 Å². The van der Waals surface area contributed by atoms with Crippen LogP contribution in [-0.2, 0) is 0 Å². The molecule has 2 heteroatoms. The highest BCUT2D eigenvalue weighted by molar-refractivity contribution is 5.59. The molecule has 0 bridgehead atoms. The van der Waals surface area contributed by atoms with Gasteiger partial charge < -0.3 is 5.73 Å². The second-order valence-corrected chi connectivity index (χ2v) is 2.36. The molecule has 1 rings (SSSR count). The van der Waals surface area contributed by atoms with Crippen LogP contribution in [0, 0.1) is 0 Å². The minimum absolute atomic E-state index is 0.634. The summed E-state index contributed by atoms with van der Waals surface area (Å²) >= 11 is 0. The van der Waals surface area contributed by atoms with E-state index in [1.807, 2.05) is 18.2 Å². The number of hydrogen-bond acceptors (Lipinski definition) is 2. The monoisotopic (exact) mass is 148 g/mol. The molecular weight excluding hydrogens is 136 g/mol. The summed E-state index contributed by atoms with van der Waals surface area (Å²) in [5.74, 6) is 0. The number of nitrogens with zero attached hydrogens (tertiary/aromatic N) is 1. The molecule has 0 unspecified atom stereocenters. The lowest BCUT2D eigenvalue weighted by atomic mass is 10.1. The van der Waals surface area contributed by atoms with Gasteiger partial charge in [0.05, 0.1) is 5.69 Å². The fourth-order valence-electron chi connectivity index (χ4n) is 0.874. The number of pyridine rings is 1. The first-order valence-electron chi connectivity index (χ1n) is 3.64. The molecule has 0 saturated heterocycles. The van der Waals surface area contributed by atoms with Crippen LogP contribution in [0.15, 0.2) is 31.0 Å². The van der Waals surface area contributed by atoms with Gasteiger partial charge in [0.15, 0.2) is 0 Å². The highest BCUT2D eigenvalue weighted by Gasteiger charge is 1.95. The van der Waals surface area contributed by atoms with E-state index in [1.54, 1.807) is 6.20 Å². The first-order valence-corrected chi connectivity index (χ1v) is 3.64. The van der Waals surface area contributed by atoms with Gasteiger partial charge in [-0.15, -0.1) is 0 Å². The Hall–Kier alpha value is -1.15. The van der Waals surface area contributed by atoms with Crippen LogP contribution in [0.3, 0.4) is 0 Å². The maximum atomic E-state index is 5.38. The minimum Gasteiger partial charge on any atom is -0.330 e. The zero-order chi connectivity index (χ0) is 8.10. The summed E-state index contributed by atoms with van der Waals surface area (Å²) in [5.41, 5.74) is 7.33. The first-order chi connectivity index (χ1) is 5.34. The molecule has 11 heavy (non-hydrogen) atoms. The maximum Gasteiger partial charge on any atom is 0.0656 e. The normalized spacial score (nSPS) is 9.55. The third-order valence-corrected chi connectivity index (χ3v) is 1.47. The van der Waals surface area contributed by atoms with E-state index >= 15 is 0 Å². The Balaban J connectivity index is 2.69. The number of aromatic nitrogens is 1. The summed E-state index contributed by atoms with van der Waals surface area (Å²) in [5, 5.41) is 0. The van der Waals surface area contributed by atoms with Crippen molar-refractivity contribution in [3.8, 4) is 0 Å². The van der Waals surface area contributed by atoms with Gasteiger partial charge in [0, 0.05) is 6.20 Å². The molecule has 1 aromatic rings. The predicted molar refractivity (Wildman–Crippen MR) is 46.9 cm³/mol. The zero-order valence-corrected chi connectivity index (χ0v) is 6.46. The molecule has 1 heterocycles. The second-order valence-electron chi connectivity index (χ2n) is 2.36. The van der Waals surface area contributed by atoms with Crippen molar-refractivity contribution in [2.75, 3.05) is 6.54 Å². The SMILES string of the molecule is C=C(CCN)c1ccccn1. The van der Waals surface area contributed by atoms with Gasteiger partial charge in [0.2, 0.25) is 0 Å². The molecule has 0 radical (unpaired) electrons. The van der Waals surface area contributed by atoms with Gasteiger partial charge in [0.25, 0.3) is 0 Å². The van der Waals surface area contributed by atoms with E-state index in [2.05, 4.69) is 11.6 Å². The fraction of sp³-hybridized carbons (Fsp3) is 0.222. The summed E-state index contributed by atoms with van der Waals surface area (Å²) in [7, 11) is 0. The third-order valence-electron chi connectivity index (χ3n) is 1.47. The molecule has 0 aliphatic carbocycles. The van der Waals surface area contributed by atoms with Gasteiger partial charge in [-0.25, -0.2) is 0 Å². The van der Waals surface area contributed by atoms with Crippen molar-refractivity contribution >= 4 is 5.57 Å². The van der Waals surface area contributed by atoms with Crippen LogP contribution in [0.4, 0.5) is 0 Å². The van der Waals surface area contributed by atoms with Gasteiger partial charge >= 0.3 is 0 Å². The molecule has 0 aliphatic rings. The van der Waals surface area contributed by atoms with E-state index in [1.165, 1.54) is 0 Å². The van der Waals surface area contributed by atoms with Crippen molar-refractivity contribution in [3.05, 3.63) is 36.7 Å². The lowest BCUT2D eigenvalue weighted by Gasteiger charge is -2.00. The molecule has 0 aromatic carbocycles. The van der Waals surface area contributed by atoms with E-state index in [4.69, 9.17) is 5.73 Å². The van der Waals surface area contributed by atoms with Crippen LogP contribution >= 0.6 is 0 Å². The Morgan fingerprint density at radius 1 is 1.55 bits per heavy atom. The van der Waals surface area contributed by atoms with Crippen LogP contribution in [0.1, 0.15) is 12.1 Å². The van der Waals surface area contributed by atoms with Gasteiger partial charge in [-0.1, -0.05) is 12.6 Å². The van der Waals surface area contributed by atoms with E-state index in [-0.39, 0.29) is 0 Å². The summed E-state index contributed by atoms with van der Waals surface area (Å²) < 4.78 is 0. The Labute approximate surface area is 66.8 Å². The predicted octanol–water partition coefficient (Wildman–Crippen LogP) is 1.44. The fourth-order valence-corrected chi connectivity index (χ4v) is 0.874. The molecule has 1 aromatic heterocycles. The molecule has 0 spiro atoms. The number of hydrogen-bond donors (Lipinski definition) is 1. The van der Waals surface area contributed by atoms with Crippen molar-refractivity contribution in [1.29, 1.82) is 0 Å². The van der Waals surface area contributed by atoms with Crippen LogP contribution in [0.25, 0.3) is 5.57 Å². The van der Waals surface area contributed by atoms with Gasteiger partial charge in [-0.2, -0.15) is 0 Å². The highest BCUT2D eigenvalue weighted by Crippen LogP contribution is 2.10. The largest absolute Gasteiger partial charge is 0.330 e. The van der Waals surface area contributed by atoms with Crippen molar-refractivity contribution in [3.63, 3.8) is 0 Å². The Bertz CT molecular complexity index is 229. The van der Waals surface area contributed by atoms with E-state index < -0.39 is 0 Å². The first kappa shape index (κ1) is 7.95. The molecule has 2 nitrogen and oxygen atoms in total.